The average molecular weight is 380 g/mol. The summed E-state index contributed by atoms with van der Waals surface area (Å²) in [6.45, 7) is 2.56. The topological polar surface area (TPSA) is 37.4 Å². The third kappa shape index (κ3) is 4.78. The molecule has 0 unspecified atom stereocenters. The molecule has 0 radical (unpaired) electrons. The molecule has 3 nitrogen and oxygen atoms in total. The summed E-state index contributed by atoms with van der Waals surface area (Å²) in [7, 11) is 1.77. The molecule has 0 aliphatic rings. The van der Waals surface area contributed by atoms with Gasteiger partial charge in [0, 0.05) is 40.2 Å². The number of carbonyl (C=O) groups is 2. The van der Waals surface area contributed by atoms with Crippen LogP contribution in [0.4, 0.5) is 0 Å². The van der Waals surface area contributed by atoms with Crippen LogP contribution in [0.25, 0.3) is 0 Å². The van der Waals surface area contributed by atoms with Gasteiger partial charge in [-0.25, -0.2) is 0 Å². The van der Waals surface area contributed by atoms with Crippen LogP contribution < -0.4 is 0 Å². The molecule has 22 heavy (non-hydrogen) atoms. The Labute approximate surface area is 143 Å². The first-order chi connectivity index (χ1) is 10.5. The van der Waals surface area contributed by atoms with Crippen LogP contribution in [0, 0.1) is 6.92 Å². The second kappa shape index (κ2) is 7.70. The molecular weight excluding hydrogens is 362 g/mol. The highest BCUT2D eigenvalue weighted by Crippen LogP contribution is 2.21. The van der Waals surface area contributed by atoms with E-state index in [0.717, 1.165) is 14.9 Å². The van der Waals surface area contributed by atoms with Crippen molar-refractivity contribution in [1.82, 2.24) is 4.90 Å². The lowest BCUT2D eigenvalue weighted by Crippen LogP contribution is -2.26. The van der Waals surface area contributed by atoms with Gasteiger partial charge in [-0.1, -0.05) is 29.8 Å². The molecule has 1 amide bonds. The third-order valence-corrected chi connectivity index (χ3v) is 5.06. The number of ketones is 1. The number of carbonyl (C=O) groups excluding carboxylic acids is 2. The lowest BCUT2D eigenvalue weighted by atomic mass is 10.0. The largest absolute Gasteiger partial charge is 0.341 e. The first kappa shape index (κ1) is 16.9. The molecule has 0 spiro atoms. The summed E-state index contributed by atoms with van der Waals surface area (Å²) in [5.41, 5.74) is 1.79. The Hall–Kier alpha value is -1.46. The highest BCUT2D eigenvalue weighted by Gasteiger charge is 2.13. The summed E-state index contributed by atoms with van der Waals surface area (Å²) < 4.78 is 1.03. The molecule has 0 N–H and O–H groups in total. The number of aryl methyl sites for hydroxylation is 1. The zero-order chi connectivity index (χ0) is 16.1. The van der Waals surface area contributed by atoms with Gasteiger partial charge in [0.1, 0.15) is 0 Å². The van der Waals surface area contributed by atoms with Gasteiger partial charge in [0.05, 0.1) is 6.54 Å². The molecular formula is C17H18BrNO2S. The van der Waals surface area contributed by atoms with Crippen LogP contribution in [0.3, 0.4) is 0 Å². The maximum Gasteiger partial charge on any atom is 0.223 e. The molecule has 1 aromatic heterocycles. The van der Waals surface area contributed by atoms with Crippen molar-refractivity contribution in [1.29, 1.82) is 0 Å². The van der Waals surface area contributed by atoms with E-state index in [1.54, 1.807) is 23.3 Å². The molecule has 116 valence electrons. The van der Waals surface area contributed by atoms with Gasteiger partial charge < -0.3 is 4.90 Å². The fourth-order valence-corrected chi connectivity index (χ4v) is 3.56. The fraction of sp³-hybridized carbons (Fsp3) is 0.294. The summed E-state index contributed by atoms with van der Waals surface area (Å²) >= 11 is 5.01. The fourth-order valence-electron chi connectivity index (χ4n) is 2.05. The van der Waals surface area contributed by atoms with Gasteiger partial charge in [0.25, 0.3) is 0 Å². The molecule has 0 saturated heterocycles. The minimum absolute atomic E-state index is 0.00927. The lowest BCUT2D eigenvalue weighted by molar-refractivity contribution is -0.130. The van der Waals surface area contributed by atoms with Crippen LogP contribution in [0.1, 0.15) is 33.6 Å². The maximum absolute atomic E-state index is 12.1. The minimum atomic E-state index is -0.00927. The third-order valence-electron chi connectivity index (χ3n) is 3.38. The summed E-state index contributed by atoms with van der Waals surface area (Å²) in [5, 5.41) is 1.99. The second-order valence-electron chi connectivity index (χ2n) is 5.27. The van der Waals surface area contributed by atoms with E-state index in [9.17, 15) is 9.59 Å². The number of thiophene rings is 1. The predicted octanol–water partition coefficient (Wildman–Crippen LogP) is 4.44. The highest BCUT2D eigenvalue weighted by atomic mass is 79.9. The number of halogens is 1. The number of hydrogen-bond donors (Lipinski definition) is 0. The Morgan fingerprint density at radius 1 is 1.18 bits per heavy atom. The lowest BCUT2D eigenvalue weighted by Gasteiger charge is -2.15. The number of benzene rings is 1. The van der Waals surface area contributed by atoms with Crippen LogP contribution in [0.2, 0.25) is 0 Å². The summed E-state index contributed by atoms with van der Waals surface area (Å²) in [4.78, 5) is 27.0. The molecule has 0 saturated carbocycles. The molecule has 1 aromatic carbocycles. The van der Waals surface area contributed by atoms with Gasteiger partial charge >= 0.3 is 0 Å². The number of nitrogens with zero attached hydrogens (tertiary/aromatic N) is 1. The Kier molecular flexibility index (Phi) is 5.91. The van der Waals surface area contributed by atoms with Gasteiger partial charge in [0.2, 0.25) is 5.91 Å². The molecule has 2 aromatic rings. The van der Waals surface area contributed by atoms with Crippen molar-refractivity contribution in [3.63, 3.8) is 0 Å². The van der Waals surface area contributed by atoms with Crippen LogP contribution in [-0.2, 0) is 11.3 Å². The van der Waals surface area contributed by atoms with E-state index in [2.05, 4.69) is 15.9 Å². The van der Waals surface area contributed by atoms with Gasteiger partial charge in [-0.15, -0.1) is 11.3 Å². The van der Waals surface area contributed by atoms with Crippen molar-refractivity contribution >= 4 is 39.0 Å². The van der Waals surface area contributed by atoms with Crippen molar-refractivity contribution < 1.29 is 9.59 Å². The molecule has 5 heteroatoms. The molecule has 2 rings (SSSR count). The Morgan fingerprint density at radius 3 is 2.45 bits per heavy atom. The normalized spacial score (nSPS) is 10.5. The van der Waals surface area contributed by atoms with Crippen LogP contribution >= 0.6 is 27.3 Å². The zero-order valence-corrected chi connectivity index (χ0v) is 15.0. The van der Waals surface area contributed by atoms with E-state index in [-0.39, 0.29) is 24.5 Å². The van der Waals surface area contributed by atoms with Gasteiger partial charge in [-0.2, -0.15) is 0 Å². The van der Waals surface area contributed by atoms with Crippen molar-refractivity contribution in [3.8, 4) is 0 Å². The highest BCUT2D eigenvalue weighted by molar-refractivity contribution is 9.10. The zero-order valence-electron chi connectivity index (χ0n) is 12.6. The SMILES string of the molecule is Cc1ccc(C(=O)CCC(=O)N(C)Cc2cc(Br)cs2)cc1. The average Bonchev–Trinajstić information content (AvgIpc) is 2.90. The second-order valence-corrected chi connectivity index (χ2v) is 7.18. The number of Topliss-reactive ketones (excluding diaryl/α,β-unsaturated/α-hetero) is 1. The molecule has 0 aliphatic heterocycles. The summed E-state index contributed by atoms with van der Waals surface area (Å²) in [6, 6.07) is 9.46. The van der Waals surface area contributed by atoms with Crippen molar-refractivity contribution in [2.75, 3.05) is 7.05 Å². The predicted molar refractivity (Wildman–Crippen MR) is 93.2 cm³/mol. The maximum atomic E-state index is 12.1. The quantitative estimate of drug-likeness (QED) is 0.695. The molecule has 0 atom stereocenters. The minimum Gasteiger partial charge on any atom is -0.341 e. The van der Waals surface area contributed by atoms with Crippen LogP contribution in [0.5, 0.6) is 0 Å². The number of amides is 1. The molecule has 0 bridgehead atoms. The number of rotatable bonds is 6. The molecule has 0 aliphatic carbocycles. The van der Waals surface area contributed by atoms with E-state index in [0.29, 0.717) is 12.1 Å². The smallest absolute Gasteiger partial charge is 0.223 e. The van der Waals surface area contributed by atoms with E-state index < -0.39 is 0 Å². The van der Waals surface area contributed by atoms with E-state index in [4.69, 9.17) is 0 Å². The molecule has 0 fully saturated rings. The van der Waals surface area contributed by atoms with E-state index in [1.807, 2.05) is 42.6 Å². The Balaban J connectivity index is 1.83. The van der Waals surface area contributed by atoms with Gasteiger partial charge in [0.15, 0.2) is 5.78 Å². The first-order valence-electron chi connectivity index (χ1n) is 7.02. The Bertz CT molecular complexity index is 664. The van der Waals surface area contributed by atoms with Crippen LogP contribution in [0.15, 0.2) is 40.2 Å². The van der Waals surface area contributed by atoms with Crippen molar-refractivity contribution in [3.05, 3.63) is 56.2 Å². The van der Waals surface area contributed by atoms with E-state index in [1.165, 1.54) is 0 Å². The molecule has 1 heterocycles. The van der Waals surface area contributed by atoms with Crippen molar-refractivity contribution in [2.24, 2.45) is 0 Å². The summed E-state index contributed by atoms with van der Waals surface area (Å²) in [5.74, 6) is 0.00519. The van der Waals surface area contributed by atoms with Crippen molar-refractivity contribution in [2.45, 2.75) is 26.3 Å². The van der Waals surface area contributed by atoms with Gasteiger partial charge in [-0.05, 0) is 28.9 Å². The van der Waals surface area contributed by atoms with Gasteiger partial charge in [-0.3, -0.25) is 9.59 Å². The van der Waals surface area contributed by atoms with Crippen LogP contribution in [-0.4, -0.2) is 23.6 Å². The monoisotopic (exact) mass is 379 g/mol. The summed E-state index contributed by atoms with van der Waals surface area (Å²) in [6.07, 6.45) is 0.496. The van der Waals surface area contributed by atoms with E-state index >= 15 is 0 Å². The number of hydrogen-bond acceptors (Lipinski definition) is 3. The standard InChI is InChI=1S/C17H18BrNO2S/c1-12-3-5-13(6-4-12)16(20)7-8-17(21)19(2)10-15-9-14(18)11-22-15/h3-6,9,11H,7-8,10H2,1-2H3. The Morgan fingerprint density at radius 2 is 1.86 bits per heavy atom. The first-order valence-corrected chi connectivity index (χ1v) is 8.69.